The molecule has 1 atom stereocenters. The average Bonchev–Trinajstić information content (AvgIpc) is 3.85. The zero-order chi connectivity index (χ0) is 36.4. The van der Waals surface area contributed by atoms with Crippen molar-refractivity contribution in [2.24, 2.45) is 0 Å². The molecule has 0 N–H and O–H groups in total. The highest BCUT2D eigenvalue weighted by molar-refractivity contribution is 6.11. The van der Waals surface area contributed by atoms with E-state index >= 15 is 0 Å². The number of rotatable bonds is 3. The maximum atomic E-state index is 6.69. The zero-order valence-corrected chi connectivity index (χ0v) is 30.8. The number of aromatic nitrogens is 1. The van der Waals surface area contributed by atoms with Gasteiger partial charge >= 0.3 is 0 Å². The van der Waals surface area contributed by atoms with Gasteiger partial charge in [-0.25, -0.2) is 0 Å². The molecule has 2 heteroatoms. The molecule has 2 nitrogen and oxygen atoms in total. The van der Waals surface area contributed by atoms with Gasteiger partial charge in [-0.15, -0.1) is 0 Å². The molecule has 0 spiro atoms. The molecule has 260 valence electrons. The van der Waals surface area contributed by atoms with E-state index in [-0.39, 0.29) is 11.3 Å². The maximum Gasteiger partial charge on any atom is 0.143 e. The summed E-state index contributed by atoms with van der Waals surface area (Å²) in [6.45, 7) is 4.79. The van der Waals surface area contributed by atoms with Crippen molar-refractivity contribution >= 4 is 43.7 Å². The van der Waals surface area contributed by atoms with Crippen LogP contribution >= 0.6 is 0 Å². The first-order valence-electron chi connectivity index (χ1n) is 19.4. The molecule has 1 unspecified atom stereocenters. The topological polar surface area (TPSA) is 18.1 Å². The zero-order valence-electron chi connectivity index (χ0n) is 30.8. The Morgan fingerprint density at radius 1 is 0.509 bits per heavy atom. The number of fused-ring (bicyclic) bond motifs is 12. The Bertz CT molecular complexity index is 3170. The second kappa shape index (κ2) is 11.2. The molecule has 0 aliphatic heterocycles. The first kappa shape index (κ1) is 30.8. The number of hydrogen-bond acceptors (Lipinski definition) is 1. The van der Waals surface area contributed by atoms with Crippen molar-refractivity contribution in [1.29, 1.82) is 0 Å². The fraction of sp³-hybridized carbons (Fsp3) is 0.0943. The summed E-state index contributed by atoms with van der Waals surface area (Å²) < 4.78 is 9.16. The SMILES string of the molecule is CC1(C)c2ccccc2-c2cc3c(cc21)C(c1cc(-c2cccc4c2oc2ccccc24)cc(-n2c4ccccc4c4ccccc42)c1)Cc1ccccc1-3. The highest BCUT2D eigenvalue weighted by Gasteiger charge is 2.38. The molecule has 8 aromatic carbocycles. The molecule has 0 amide bonds. The predicted octanol–water partition coefficient (Wildman–Crippen LogP) is 14.0. The highest BCUT2D eigenvalue weighted by Crippen LogP contribution is 2.54. The van der Waals surface area contributed by atoms with Crippen molar-refractivity contribution in [2.75, 3.05) is 0 Å². The van der Waals surface area contributed by atoms with Crippen LogP contribution in [-0.4, -0.2) is 4.57 Å². The highest BCUT2D eigenvalue weighted by atomic mass is 16.3. The van der Waals surface area contributed by atoms with Crippen LogP contribution < -0.4 is 0 Å². The molecule has 0 bridgehead atoms. The largest absolute Gasteiger partial charge is 0.455 e. The monoisotopic (exact) mass is 703 g/mol. The summed E-state index contributed by atoms with van der Waals surface area (Å²) in [6, 6.07) is 63.1. The Kier molecular flexibility index (Phi) is 6.27. The minimum Gasteiger partial charge on any atom is -0.455 e. The summed E-state index contributed by atoms with van der Waals surface area (Å²) in [5, 5.41) is 4.82. The molecule has 2 aliphatic carbocycles. The van der Waals surface area contributed by atoms with Crippen LogP contribution in [0.3, 0.4) is 0 Å². The van der Waals surface area contributed by atoms with Crippen molar-refractivity contribution in [3.8, 4) is 39.1 Å². The van der Waals surface area contributed by atoms with Crippen LogP contribution in [0.15, 0.2) is 174 Å². The van der Waals surface area contributed by atoms with E-state index in [4.69, 9.17) is 4.42 Å². The van der Waals surface area contributed by atoms with Crippen LogP contribution in [0, 0.1) is 0 Å². The summed E-state index contributed by atoms with van der Waals surface area (Å²) in [4.78, 5) is 0. The second-order valence-corrected chi connectivity index (χ2v) is 16.0. The van der Waals surface area contributed by atoms with E-state index in [0.29, 0.717) is 0 Å². The maximum absolute atomic E-state index is 6.69. The van der Waals surface area contributed by atoms with Crippen molar-refractivity contribution in [1.82, 2.24) is 4.57 Å². The van der Waals surface area contributed by atoms with Gasteiger partial charge in [0.2, 0.25) is 0 Å². The second-order valence-electron chi connectivity index (χ2n) is 16.0. The number of hydrogen-bond donors (Lipinski definition) is 0. The number of nitrogens with zero attached hydrogens (tertiary/aromatic N) is 1. The molecule has 12 rings (SSSR count). The molecule has 0 fully saturated rings. The number of furan rings is 1. The molecular weight excluding hydrogens is 667 g/mol. The third-order valence-corrected chi connectivity index (χ3v) is 12.8. The van der Waals surface area contributed by atoms with E-state index in [0.717, 1.165) is 45.2 Å². The van der Waals surface area contributed by atoms with Gasteiger partial charge in [0, 0.05) is 44.1 Å². The predicted molar refractivity (Wildman–Crippen MR) is 228 cm³/mol. The van der Waals surface area contributed by atoms with Gasteiger partial charge in [-0.05, 0) is 98.5 Å². The Morgan fingerprint density at radius 3 is 1.98 bits per heavy atom. The molecule has 2 heterocycles. The minimum absolute atomic E-state index is 0.0879. The molecule has 2 aliphatic rings. The quantitative estimate of drug-likeness (QED) is 0.179. The van der Waals surface area contributed by atoms with Crippen LogP contribution in [0.25, 0.3) is 82.8 Å². The van der Waals surface area contributed by atoms with E-state index in [1.54, 1.807) is 0 Å². The Morgan fingerprint density at radius 2 is 1.16 bits per heavy atom. The lowest BCUT2D eigenvalue weighted by Crippen LogP contribution is -2.18. The van der Waals surface area contributed by atoms with Gasteiger partial charge in [-0.3, -0.25) is 0 Å². The van der Waals surface area contributed by atoms with Gasteiger partial charge in [0.25, 0.3) is 0 Å². The lowest BCUT2D eigenvalue weighted by molar-refractivity contribution is 0.657. The van der Waals surface area contributed by atoms with Gasteiger partial charge in [0.15, 0.2) is 0 Å². The van der Waals surface area contributed by atoms with Gasteiger partial charge in [0.05, 0.1) is 11.0 Å². The summed E-state index contributed by atoms with van der Waals surface area (Å²) in [6.07, 6.45) is 0.931. The van der Waals surface area contributed by atoms with Crippen LogP contribution in [0.1, 0.15) is 47.6 Å². The first-order chi connectivity index (χ1) is 27.0. The summed E-state index contributed by atoms with van der Waals surface area (Å²) in [5.74, 6) is 0.149. The van der Waals surface area contributed by atoms with Crippen molar-refractivity contribution < 1.29 is 4.42 Å². The first-order valence-corrected chi connectivity index (χ1v) is 19.4. The summed E-state index contributed by atoms with van der Waals surface area (Å²) in [5.41, 5.74) is 20.0. The summed E-state index contributed by atoms with van der Waals surface area (Å²) in [7, 11) is 0. The molecule has 0 radical (unpaired) electrons. The molecule has 0 saturated heterocycles. The lowest BCUT2D eigenvalue weighted by atomic mass is 9.72. The van der Waals surface area contributed by atoms with E-state index in [9.17, 15) is 0 Å². The van der Waals surface area contributed by atoms with Crippen LogP contribution in [-0.2, 0) is 11.8 Å². The van der Waals surface area contributed by atoms with Gasteiger partial charge in [-0.1, -0.05) is 147 Å². The normalized spacial score (nSPS) is 15.3. The Labute approximate surface area is 319 Å². The van der Waals surface area contributed by atoms with Gasteiger partial charge < -0.3 is 8.98 Å². The number of para-hydroxylation sites is 4. The molecule has 55 heavy (non-hydrogen) atoms. The standard InChI is InChI=1S/C53H37NO/c1-53(2)47-22-9-5-16-38(47)46-30-44-36-15-4-3-14-32(36)29-43(45(44)31-48(46)53)34-26-33(37-20-13-21-42-41-19-8-12-25-51(41)55-52(37)42)27-35(28-34)54-49-23-10-6-17-39(49)40-18-7-11-24-50(40)54/h3-28,30-31,43H,29H2,1-2H3. The van der Waals surface area contributed by atoms with Crippen molar-refractivity contribution in [2.45, 2.75) is 31.6 Å². The van der Waals surface area contributed by atoms with Gasteiger partial charge in [-0.2, -0.15) is 0 Å². The third-order valence-electron chi connectivity index (χ3n) is 12.8. The molecule has 0 saturated carbocycles. The van der Waals surface area contributed by atoms with E-state index < -0.39 is 0 Å². The smallest absolute Gasteiger partial charge is 0.143 e. The molecule has 2 aromatic heterocycles. The Hall–Kier alpha value is -6.64. The fourth-order valence-electron chi connectivity index (χ4n) is 10.2. The van der Waals surface area contributed by atoms with E-state index in [1.165, 1.54) is 71.9 Å². The summed E-state index contributed by atoms with van der Waals surface area (Å²) >= 11 is 0. The van der Waals surface area contributed by atoms with Crippen LogP contribution in [0.5, 0.6) is 0 Å². The fourth-order valence-corrected chi connectivity index (χ4v) is 10.2. The lowest BCUT2D eigenvalue weighted by Gasteiger charge is -2.31. The van der Waals surface area contributed by atoms with Gasteiger partial charge in [0.1, 0.15) is 11.2 Å². The minimum atomic E-state index is -0.0879. The van der Waals surface area contributed by atoms with Crippen molar-refractivity contribution in [3.05, 3.63) is 198 Å². The Balaban J connectivity index is 1.16. The van der Waals surface area contributed by atoms with Crippen molar-refractivity contribution in [3.63, 3.8) is 0 Å². The van der Waals surface area contributed by atoms with Crippen LogP contribution in [0.4, 0.5) is 0 Å². The average molecular weight is 704 g/mol. The third kappa shape index (κ3) is 4.31. The van der Waals surface area contributed by atoms with E-state index in [2.05, 4.69) is 188 Å². The van der Waals surface area contributed by atoms with Crippen LogP contribution in [0.2, 0.25) is 0 Å². The number of benzene rings is 8. The molecule has 10 aromatic rings. The van der Waals surface area contributed by atoms with E-state index in [1.807, 2.05) is 0 Å². The molecular formula is C53H37NO.